The summed E-state index contributed by atoms with van der Waals surface area (Å²) in [6.07, 6.45) is 4.29. The number of halogens is 3. The smallest absolute Gasteiger partial charge is 0.0445 e. The van der Waals surface area contributed by atoms with E-state index in [0.29, 0.717) is 6.04 Å². The molecule has 0 unspecified atom stereocenters. The van der Waals surface area contributed by atoms with Gasteiger partial charge in [0, 0.05) is 47.0 Å². The van der Waals surface area contributed by atoms with Gasteiger partial charge in [0.05, 0.1) is 0 Å². The largest absolute Gasteiger partial charge is 0.314 e. The van der Waals surface area contributed by atoms with Crippen molar-refractivity contribution in [3.63, 3.8) is 0 Å². The number of rotatable bonds is 5. The van der Waals surface area contributed by atoms with Crippen LogP contribution < -0.4 is 5.32 Å². The van der Waals surface area contributed by atoms with E-state index < -0.39 is 0 Å². The first-order valence-corrected chi connectivity index (χ1v) is 7.78. The van der Waals surface area contributed by atoms with Gasteiger partial charge in [0.25, 0.3) is 0 Å². The lowest BCUT2D eigenvalue weighted by Gasteiger charge is -2.34. The normalized spacial score (nSPS) is 17.1. The van der Waals surface area contributed by atoms with Gasteiger partial charge in [-0.2, -0.15) is 0 Å². The molecular weight excluding hydrogens is 367 g/mol. The molecule has 0 bridgehead atoms. The molecule has 1 aliphatic heterocycles. The minimum Gasteiger partial charge on any atom is -0.314 e. The van der Waals surface area contributed by atoms with Crippen molar-refractivity contribution < 1.29 is 0 Å². The van der Waals surface area contributed by atoms with Crippen molar-refractivity contribution in [3.8, 4) is 0 Å². The first kappa shape index (κ1) is 19.4. The predicted molar refractivity (Wildman–Crippen MR) is 93.1 cm³/mol. The molecule has 0 spiro atoms. The minimum absolute atomic E-state index is 0. The Kier molecular flexibility index (Phi) is 10.4. The minimum atomic E-state index is 0. The second-order valence-electron chi connectivity index (χ2n) is 4.34. The van der Waals surface area contributed by atoms with Crippen molar-refractivity contribution in [3.05, 3.63) is 33.5 Å². The molecule has 1 aliphatic rings. The van der Waals surface area contributed by atoms with E-state index in [2.05, 4.69) is 44.2 Å². The maximum atomic E-state index is 3.84. The van der Waals surface area contributed by atoms with E-state index in [1.807, 2.05) is 17.4 Å². The van der Waals surface area contributed by atoms with Crippen molar-refractivity contribution in [1.29, 1.82) is 0 Å². The summed E-state index contributed by atoms with van der Waals surface area (Å²) in [5.74, 6) is 0. The molecule has 1 N–H and O–H groups in total. The van der Waals surface area contributed by atoms with Gasteiger partial charge in [-0.15, -0.1) is 42.7 Å². The molecule has 0 amide bonds. The Balaban J connectivity index is 0.00000162. The van der Waals surface area contributed by atoms with Crippen LogP contribution in [0.1, 0.15) is 23.8 Å². The number of allylic oxidation sites excluding steroid dienone is 1. The van der Waals surface area contributed by atoms with E-state index in [0.717, 1.165) is 32.6 Å². The fourth-order valence-electron chi connectivity index (χ4n) is 2.28. The van der Waals surface area contributed by atoms with Crippen molar-refractivity contribution >= 4 is 52.1 Å². The molecule has 0 aliphatic carbocycles. The zero-order chi connectivity index (χ0) is 12.1. The van der Waals surface area contributed by atoms with Gasteiger partial charge >= 0.3 is 0 Å². The Bertz CT molecular complexity index is 367. The molecule has 0 aromatic carbocycles. The zero-order valence-corrected chi connectivity index (χ0v) is 14.8. The fraction of sp³-hybridized carbons (Fsp3) is 0.538. The highest BCUT2D eigenvalue weighted by Crippen LogP contribution is 2.32. The molecule has 2 nitrogen and oxygen atoms in total. The van der Waals surface area contributed by atoms with Crippen molar-refractivity contribution in [2.75, 3.05) is 26.2 Å². The molecule has 2 heterocycles. The van der Waals surface area contributed by atoms with Crippen LogP contribution >= 0.6 is 52.1 Å². The van der Waals surface area contributed by atoms with Gasteiger partial charge < -0.3 is 5.32 Å². The van der Waals surface area contributed by atoms with E-state index in [4.69, 9.17) is 0 Å². The average Bonchev–Trinajstić information content (AvgIpc) is 2.78. The summed E-state index contributed by atoms with van der Waals surface area (Å²) in [5, 5.41) is 5.59. The Morgan fingerprint density at radius 2 is 2.11 bits per heavy atom. The van der Waals surface area contributed by atoms with Crippen LogP contribution in [0.3, 0.4) is 0 Å². The summed E-state index contributed by atoms with van der Waals surface area (Å²) in [6.45, 7) is 8.36. The second-order valence-corrected chi connectivity index (χ2v) is 6.19. The van der Waals surface area contributed by atoms with Gasteiger partial charge in [-0.1, -0.05) is 6.08 Å². The van der Waals surface area contributed by atoms with Crippen LogP contribution in [0.25, 0.3) is 0 Å². The highest BCUT2D eigenvalue weighted by molar-refractivity contribution is 9.10. The fourth-order valence-corrected chi connectivity index (χ4v) is 3.89. The maximum Gasteiger partial charge on any atom is 0.0445 e. The van der Waals surface area contributed by atoms with Crippen LogP contribution in [0.2, 0.25) is 0 Å². The lowest BCUT2D eigenvalue weighted by molar-refractivity contribution is 0.168. The van der Waals surface area contributed by atoms with Gasteiger partial charge in [0.2, 0.25) is 0 Å². The maximum absolute atomic E-state index is 3.84. The number of thiophene rings is 1. The Morgan fingerprint density at radius 1 is 1.42 bits per heavy atom. The quantitative estimate of drug-likeness (QED) is 0.759. The van der Waals surface area contributed by atoms with Gasteiger partial charge in [0.1, 0.15) is 0 Å². The number of piperazine rings is 1. The summed E-state index contributed by atoms with van der Waals surface area (Å²) in [7, 11) is 0. The number of nitrogens with one attached hydrogen (secondary N) is 1. The van der Waals surface area contributed by atoms with Crippen LogP contribution in [0.5, 0.6) is 0 Å². The molecule has 6 heteroatoms. The summed E-state index contributed by atoms with van der Waals surface area (Å²) in [4.78, 5) is 4.07. The molecule has 0 saturated carbocycles. The van der Waals surface area contributed by atoms with Crippen LogP contribution in [0, 0.1) is 0 Å². The Morgan fingerprint density at radius 3 is 2.63 bits per heavy atom. The molecular formula is C13H21BrCl2N2S. The molecule has 1 aromatic rings. The highest BCUT2D eigenvalue weighted by atomic mass is 79.9. The van der Waals surface area contributed by atoms with Crippen molar-refractivity contribution in [2.24, 2.45) is 0 Å². The van der Waals surface area contributed by atoms with E-state index in [1.165, 1.54) is 15.8 Å². The summed E-state index contributed by atoms with van der Waals surface area (Å²) < 4.78 is 1.20. The lowest BCUT2D eigenvalue weighted by atomic mass is 10.1. The van der Waals surface area contributed by atoms with Crippen molar-refractivity contribution in [2.45, 2.75) is 18.9 Å². The molecule has 1 saturated heterocycles. The third kappa shape index (κ3) is 5.74. The van der Waals surface area contributed by atoms with E-state index in [-0.39, 0.29) is 24.8 Å². The monoisotopic (exact) mass is 386 g/mol. The molecule has 1 atom stereocenters. The van der Waals surface area contributed by atoms with Crippen LogP contribution in [0.4, 0.5) is 0 Å². The molecule has 1 aromatic heterocycles. The molecule has 1 fully saturated rings. The number of hydrogen-bond donors (Lipinski definition) is 1. The topological polar surface area (TPSA) is 15.3 Å². The lowest BCUT2D eigenvalue weighted by Crippen LogP contribution is -2.45. The van der Waals surface area contributed by atoms with Gasteiger partial charge in [-0.25, -0.2) is 0 Å². The van der Waals surface area contributed by atoms with Gasteiger partial charge in [-0.3, -0.25) is 4.90 Å². The second kappa shape index (κ2) is 10.2. The first-order valence-electron chi connectivity index (χ1n) is 6.11. The van der Waals surface area contributed by atoms with Crippen LogP contribution in [-0.4, -0.2) is 31.1 Å². The molecule has 110 valence electrons. The third-order valence-electron chi connectivity index (χ3n) is 3.15. The van der Waals surface area contributed by atoms with Gasteiger partial charge in [0.15, 0.2) is 0 Å². The SMILES string of the molecule is C=CCC[C@H](c1cc(Br)cs1)N1CCNCC1.Cl.Cl. The zero-order valence-electron chi connectivity index (χ0n) is 10.8. The van der Waals surface area contributed by atoms with Crippen LogP contribution in [-0.2, 0) is 0 Å². The Labute approximate surface area is 140 Å². The number of nitrogens with zero attached hydrogens (tertiary/aromatic N) is 1. The molecule has 2 rings (SSSR count). The first-order chi connectivity index (χ1) is 8.31. The van der Waals surface area contributed by atoms with Crippen LogP contribution in [0.15, 0.2) is 28.6 Å². The summed E-state index contributed by atoms with van der Waals surface area (Å²) >= 11 is 5.41. The van der Waals surface area contributed by atoms with E-state index >= 15 is 0 Å². The molecule has 19 heavy (non-hydrogen) atoms. The van der Waals surface area contributed by atoms with E-state index in [9.17, 15) is 0 Å². The predicted octanol–water partition coefficient (Wildman–Crippen LogP) is 4.27. The Hall–Kier alpha value is 0.420. The van der Waals surface area contributed by atoms with Crippen molar-refractivity contribution in [1.82, 2.24) is 10.2 Å². The highest BCUT2D eigenvalue weighted by Gasteiger charge is 2.22. The number of hydrogen-bond acceptors (Lipinski definition) is 3. The third-order valence-corrected chi connectivity index (χ3v) is 4.95. The summed E-state index contributed by atoms with van der Waals surface area (Å²) in [5.41, 5.74) is 0. The molecule has 0 radical (unpaired) electrons. The standard InChI is InChI=1S/C13H19BrN2S.2ClH/c1-2-3-4-12(13-9-11(14)10-17-13)16-7-5-15-6-8-16;;/h2,9-10,12,15H,1,3-8H2;2*1H/t12-;;/m1../s1. The van der Waals surface area contributed by atoms with Gasteiger partial charge in [-0.05, 0) is 34.8 Å². The van der Waals surface area contributed by atoms with E-state index in [1.54, 1.807) is 0 Å². The average molecular weight is 388 g/mol. The summed E-state index contributed by atoms with van der Waals surface area (Å²) in [6, 6.07) is 2.83.